The number of benzene rings is 1. The van der Waals surface area contributed by atoms with Crippen LogP contribution in [0.2, 0.25) is 0 Å². The number of sulfonamides is 1. The number of hydrogen-bond donors (Lipinski definition) is 2. The molecular formula is C13H17N3O2S2. The second-order valence-electron chi connectivity index (χ2n) is 4.66. The lowest BCUT2D eigenvalue weighted by Gasteiger charge is -2.11. The first-order valence-corrected chi connectivity index (χ1v) is 8.43. The summed E-state index contributed by atoms with van der Waals surface area (Å²) in [5, 5.41) is 2.74. The zero-order valence-electron chi connectivity index (χ0n) is 11.6. The normalized spacial score (nSPS) is 11.8. The summed E-state index contributed by atoms with van der Waals surface area (Å²) in [7, 11) is -3.63. The van der Waals surface area contributed by atoms with E-state index in [2.05, 4.69) is 9.71 Å². The first kappa shape index (κ1) is 15.0. The summed E-state index contributed by atoms with van der Waals surface area (Å²) >= 11 is 1.49. The van der Waals surface area contributed by atoms with E-state index in [1.165, 1.54) is 11.3 Å². The summed E-state index contributed by atoms with van der Waals surface area (Å²) in [6.45, 7) is 5.80. The largest absolute Gasteiger partial charge is 0.398 e. The van der Waals surface area contributed by atoms with E-state index < -0.39 is 10.0 Å². The Morgan fingerprint density at radius 1 is 1.25 bits per heavy atom. The van der Waals surface area contributed by atoms with E-state index in [0.29, 0.717) is 5.69 Å². The number of nitrogen functional groups attached to an aromatic ring is 1. The summed E-state index contributed by atoms with van der Waals surface area (Å²) in [4.78, 5) is 4.34. The van der Waals surface area contributed by atoms with Crippen molar-refractivity contribution in [1.82, 2.24) is 9.71 Å². The number of thiazole rings is 1. The van der Waals surface area contributed by atoms with Crippen molar-refractivity contribution >= 4 is 27.0 Å². The first-order valence-electron chi connectivity index (χ1n) is 6.07. The molecule has 1 aromatic heterocycles. The van der Waals surface area contributed by atoms with Gasteiger partial charge in [-0.3, -0.25) is 0 Å². The van der Waals surface area contributed by atoms with Gasteiger partial charge in [0.1, 0.15) is 4.90 Å². The summed E-state index contributed by atoms with van der Waals surface area (Å²) in [6, 6.07) is 3.27. The average Bonchev–Trinajstić information content (AvgIpc) is 2.77. The van der Waals surface area contributed by atoms with E-state index in [-0.39, 0.29) is 17.1 Å². The van der Waals surface area contributed by atoms with Gasteiger partial charge in [0.25, 0.3) is 0 Å². The predicted molar refractivity (Wildman–Crippen MR) is 81.2 cm³/mol. The summed E-state index contributed by atoms with van der Waals surface area (Å²) in [6.07, 6.45) is 0. The van der Waals surface area contributed by atoms with Crippen LogP contribution in [0, 0.1) is 20.8 Å². The van der Waals surface area contributed by atoms with Crippen molar-refractivity contribution in [2.24, 2.45) is 0 Å². The molecule has 0 aliphatic heterocycles. The van der Waals surface area contributed by atoms with Crippen molar-refractivity contribution in [2.45, 2.75) is 32.2 Å². The molecule has 0 saturated carbocycles. The van der Waals surface area contributed by atoms with Crippen molar-refractivity contribution in [3.8, 4) is 0 Å². The van der Waals surface area contributed by atoms with E-state index in [4.69, 9.17) is 5.73 Å². The number of rotatable bonds is 4. The molecule has 0 fully saturated rings. The average molecular weight is 311 g/mol. The Bertz CT molecular complexity index is 736. The quantitative estimate of drug-likeness (QED) is 0.847. The van der Waals surface area contributed by atoms with Gasteiger partial charge in [0.2, 0.25) is 10.0 Å². The fourth-order valence-electron chi connectivity index (χ4n) is 1.78. The lowest BCUT2D eigenvalue weighted by atomic mass is 10.1. The maximum Gasteiger partial charge on any atom is 0.242 e. The van der Waals surface area contributed by atoms with Crippen molar-refractivity contribution in [1.29, 1.82) is 0 Å². The number of nitrogens with one attached hydrogen (secondary N) is 1. The van der Waals surface area contributed by atoms with Gasteiger partial charge in [0.05, 0.1) is 22.9 Å². The van der Waals surface area contributed by atoms with Gasteiger partial charge in [0.15, 0.2) is 0 Å². The highest BCUT2D eigenvalue weighted by Crippen LogP contribution is 2.22. The second kappa shape index (κ2) is 5.51. The molecule has 0 atom stereocenters. The van der Waals surface area contributed by atoms with Crippen LogP contribution in [0.3, 0.4) is 0 Å². The minimum Gasteiger partial charge on any atom is -0.398 e. The lowest BCUT2D eigenvalue weighted by molar-refractivity contribution is 0.581. The van der Waals surface area contributed by atoms with Crippen molar-refractivity contribution < 1.29 is 8.42 Å². The van der Waals surface area contributed by atoms with Crippen molar-refractivity contribution in [3.63, 3.8) is 0 Å². The molecule has 0 amide bonds. The Balaban J connectivity index is 2.24. The van der Waals surface area contributed by atoms with Crippen LogP contribution in [0.4, 0.5) is 5.69 Å². The van der Waals surface area contributed by atoms with Gasteiger partial charge in [-0.15, -0.1) is 11.3 Å². The monoisotopic (exact) mass is 311 g/mol. The van der Waals surface area contributed by atoms with E-state index in [0.717, 1.165) is 16.1 Å². The van der Waals surface area contributed by atoms with Gasteiger partial charge in [-0.05, 0) is 44.0 Å². The highest BCUT2D eigenvalue weighted by molar-refractivity contribution is 7.89. The van der Waals surface area contributed by atoms with Crippen LogP contribution in [-0.4, -0.2) is 13.4 Å². The molecule has 5 nitrogen and oxygen atoms in total. The molecule has 1 aromatic carbocycles. The van der Waals surface area contributed by atoms with Gasteiger partial charge < -0.3 is 5.73 Å². The van der Waals surface area contributed by atoms with Gasteiger partial charge >= 0.3 is 0 Å². The molecule has 2 rings (SSSR count). The molecule has 20 heavy (non-hydrogen) atoms. The summed E-state index contributed by atoms with van der Waals surface area (Å²) in [5.74, 6) is 0. The maximum atomic E-state index is 12.3. The molecule has 0 saturated heterocycles. The maximum absolute atomic E-state index is 12.3. The molecule has 2 aromatic rings. The Labute approximate surface area is 122 Å². The Morgan fingerprint density at radius 2 is 1.90 bits per heavy atom. The van der Waals surface area contributed by atoms with Crippen LogP contribution < -0.4 is 10.5 Å². The summed E-state index contributed by atoms with van der Waals surface area (Å²) in [5.41, 5.74) is 8.64. The minimum absolute atomic E-state index is 0.118. The zero-order chi connectivity index (χ0) is 14.9. The third-order valence-electron chi connectivity index (χ3n) is 3.03. The first-order chi connectivity index (χ1) is 9.29. The van der Waals surface area contributed by atoms with Gasteiger partial charge in [-0.25, -0.2) is 18.1 Å². The van der Waals surface area contributed by atoms with Crippen LogP contribution in [0.25, 0.3) is 0 Å². The molecule has 3 N–H and O–H groups in total. The molecule has 0 aliphatic carbocycles. The highest BCUT2D eigenvalue weighted by Gasteiger charge is 2.18. The molecule has 0 bridgehead atoms. The molecule has 1 heterocycles. The topological polar surface area (TPSA) is 85.1 Å². The van der Waals surface area contributed by atoms with Crippen LogP contribution in [-0.2, 0) is 16.6 Å². The van der Waals surface area contributed by atoms with E-state index >= 15 is 0 Å². The number of aromatic nitrogens is 1. The fourth-order valence-corrected chi connectivity index (χ4v) is 3.59. The Kier molecular flexibility index (Phi) is 4.12. The third-order valence-corrected chi connectivity index (χ3v) is 5.30. The Hall–Kier alpha value is -1.44. The molecule has 0 unspecified atom stereocenters. The number of anilines is 1. The molecule has 0 radical (unpaired) electrons. The fraction of sp³-hybridized carbons (Fsp3) is 0.308. The number of aryl methyl sites for hydroxylation is 3. The number of nitrogens with zero attached hydrogens (tertiary/aromatic N) is 1. The minimum atomic E-state index is -3.63. The van der Waals surface area contributed by atoms with E-state index in [1.54, 1.807) is 12.1 Å². The molecule has 0 aliphatic rings. The van der Waals surface area contributed by atoms with Crippen LogP contribution >= 0.6 is 11.3 Å². The van der Waals surface area contributed by atoms with E-state index in [9.17, 15) is 8.42 Å². The van der Waals surface area contributed by atoms with Gasteiger partial charge in [-0.2, -0.15) is 0 Å². The molecular weight excluding hydrogens is 294 g/mol. The smallest absolute Gasteiger partial charge is 0.242 e. The third kappa shape index (κ3) is 3.17. The van der Waals surface area contributed by atoms with Crippen LogP contribution in [0.1, 0.15) is 21.8 Å². The van der Waals surface area contributed by atoms with Crippen LogP contribution in [0.5, 0.6) is 0 Å². The van der Waals surface area contributed by atoms with Gasteiger partial charge in [0, 0.05) is 5.38 Å². The SMILES string of the molecule is Cc1nc(CNS(=O)(=O)c2cc(C)c(C)cc2N)cs1. The predicted octanol–water partition coefficient (Wildman–Crippen LogP) is 2.13. The van der Waals surface area contributed by atoms with Crippen molar-refractivity contribution in [3.05, 3.63) is 39.3 Å². The molecule has 0 spiro atoms. The Morgan fingerprint density at radius 3 is 2.50 bits per heavy atom. The van der Waals surface area contributed by atoms with Crippen LogP contribution in [0.15, 0.2) is 22.4 Å². The lowest BCUT2D eigenvalue weighted by Crippen LogP contribution is -2.24. The number of hydrogen-bond acceptors (Lipinski definition) is 5. The zero-order valence-corrected chi connectivity index (χ0v) is 13.2. The highest BCUT2D eigenvalue weighted by atomic mass is 32.2. The number of nitrogens with two attached hydrogens (primary N) is 1. The standard InChI is InChI=1S/C13H17N3O2S2/c1-8-4-12(14)13(5-9(8)2)20(17,18)15-6-11-7-19-10(3)16-11/h4-5,7,15H,6,14H2,1-3H3. The molecule has 108 valence electrons. The van der Waals surface area contributed by atoms with E-state index in [1.807, 2.05) is 26.2 Å². The second-order valence-corrected chi connectivity index (χ2v) is 7.45. The van der Waals surface area contributed by atoms with Gasteiger partial charge in [-0.1, -0.05) is 0 Å². The summed E-state index contributed by atoms with van der Waals surface area (Å²) < 4.78 is 27.1. The van der Waals surface area contributed by atoms with Crippen molar-refractivity contribution in [2.75, 3.05) is 5.73 Å². The molecule has 7 heteroatoms.